The first-order valence-electron chi connectivity index (χ1n) is 11.4. The Labute approximate surface area is 209 Å². The molecule has 11 heteroatoms. The van der Waals surface area contributed by atoms with E-state index in [1.807, 2.05) is 19.9 Å². The van der Waals surface area contributed by atoms with Crippen molar-refractivity contribution >= 4 is 22.7 Å². The summed E-state index contributed by atoms with van der Waals surface area (Å²) < 4.78 is 38.1. The Hall–Kier alpha value is -4.67. The lowest BCUT2D eigenvalue weighted by Crippen LogP contribution is -2.13. The third-order valence-electron chi connectivity index (χ3n) is 5.91. The van der Waals surface area contributed by atoms with Gasteiger partial charge in [0.1, 0.15) is 17.0 Å². The van der Waals surface area contributed by atoms with E-state index in [4.69, 9.17) is 14.6 Å². The highest BCUT2D eigenvalue weighted by molar-refractivity contribution is 5.84. The average Bonchev–Trinajstić information content (AvgIpc) is 3.32. The summed E-state index contributed by atoms with van der Waals surface area (Å²) in [5, 5.41) is 11.3. The van der Waals surface area contributed by atoms with Crippen LogP contribution in [0, 0.1) is 13.8 Å². The standard InChI is InChI=1S/C26H22F2N6O3/c1-12-10-15(14(3)31-17-8-5-9-30-20(17)25-33-34-26(29)37-25)23-16(11-12)21(35)13(2)22(36-23)18-6-4-7-19(32-18)24(27)28/h4-11,14,24,31H,1-3H3,(H2,29,34)/t14-/m1/s1. The second-order valence-electron chi connectivity index (χ2n) is 8.58. The number of nitrogens with one attached hydrogen (secondary N) is 1. The number of hydrogen-bond donors (Lipinski definition) is 2. The largest absolute Gasteiger partial charge is 0.454 e. The molecule has 0 radical (unpaired) electrons. The normalized spacial score (nSPS) is 12.3. The molecule has 0 aliphatic rings. The number of hydrogen-bond acceptors (Lipinski definition) is 9. The van der Waals surface area contributed by atoms with Gasteiger partial charge < -0.3 is 19.9 Å². The maximum absolute atomic E-state index is 13.4. The van der Waals surface area contributed by atoms with Gasteiger partial charge in [-0.05, 0) is 56.7 Å². The Morgan fingerprint density at radius 1 is 1.05 bits per heavy atom. The third kappa shape index (κ3) is 4.51. The van der Waals surface area contributed by atoms with Crippen LogP contribution in [0.1, 0.15) is 41.8 Å². The Balaban J connectivity index is 1.63. The Bertz CT molecular complexity index is 1680. The van der Waals surface area contributed by atoms with E-state index in [0.29, 0.717) is 27.9 Å². The second-order valence-corrected chi connectivity index (χ2v) is 8.58. The van der Waals surface area contributed by atoms with Crippen molar-refractivity contribution in [2.45, 2.75) is 33.2 Å². The second kappa shape index (κ2) is 9.41. The molecule has 9 nitrogen and oxygen atoms in total. The first kappa shape index (κ1) is 24.0. The van der Waals surface area contributed by atoms with Crippen molar-refractivity contribution in [2.75, 3.05) is 11.1 Å². The number of nitrogens with zero attached hydrogens (tertiary/aromatic N) is 4. The van der Waals surface area contributed by atoms with Crippen LogP contribution < -0.4 is 16.5 Å². The molecule has 0 fully saturated rings. The molecule has 3 N–H and O–H groups in total. The quantitative estimate of drug-likeness (QED) is 0.303. The van der Waals surface area contributed by atoms with E-state index in [0.717, 1.165) is 5.56 Å². The molecule has 4 aromatic heterocycles. The third-order valence-corrected chi connectivity index (χ3v) is 5.91. The number of aryl methyl sites for hydroxylation is 1. The van der Waals surface area contributed by atoms with Crippen molar-refractivity contribution in [3.05, 3.63) is 81.3 Å². The Kier molecular flexibility index (Phi) is 6.12. The summed E-state index contributed by atoms with van der Waals surface area (Å²) in [5.74, 6) is 0.289. The minimum Gasteiger partial charge on any atom is -0.454 e. The Morgan fingerprint density at radius 2 is 1.86 bits per heavy atom. The lowest BCUT2D eigenvalue weighted by Gasteiger charge is -2.19. The molecule has 0 saturated carbocycles. The number of anilines is 2. The lowest BCUT2D eigenvalue weighted by atomic mass is 9.99. The van der Waals surface area contributed by atoms with Crippen LogP contribution in [0.3, 0.4) is 0 Å². The molecule has 5 aromatic rings. The molecule has 37 heavy (non-hydrogen) atoms. The van der Waals surface area contributed by atoms with E-state index in [9.17, 15) is 13.6 Å². The van der Waals surface area contributed by atoms with Crippen LogP contribution in [0.4, 0.5) is 20.5 Å². The molecule has 0 unspecified atom stereocenters. The van der Waals surface area contributed by atoms with Gasteiger partial charge in [-0.3, -0.25) is 4.79 Å². The molecular weight excluding hydrogens is 482 g/mol. The smallest absolute Gasteiger partial charge is 0.313 e. The number of rotatable bonds is 6. The topological polar surface area (TPSA) is 133 Å². The van der Waals surface area contributed by atoms with Crippen molar-refractivity contribution in [3.8, 4) is 23.0 Å². The molecule has 0 aliphatic heterocycles. The van der Waals surface area contributed by atoms with Crippen molar-refractivity contribution < 1.29 is 17.6 Å². The molecule has 0 aliphatic carbocycles. The summed E-state index contributed by atoms with van der Waals surface area (Å²) >= 11 is 0. The van der Waals surface area contributed by atoms with E-state index in [1.165, 1.54) is 18.2 Å². The molecule has 0 spiro atoms. The van der Waals surface area contributed by atoms with Crippen LogP contribution in [0.5, 0.6) is 0 Å². The summed E-state index contributed by atoms with van der Waals surface area (Å²) in [7, 11) is 0. The van der Waals surface area contributed by atoms with Crippen LogP contribution in [0.2, 0.25) is 0 Å². The van der Waals surface area contributed by atoms with Gasteiger partial charge in [-0.2, -0.15) is 0 Å². The first-order chi connectivity index (χ1) is 17.7. The highest BCUT2D eigenvalue weighted by Crippen LogP contribution is 2.34. The van der Waals surface area contributed by atoms with E-state index >= 15 is 0 Å². The van der Waals surface area contributed by atoms with Crippen LogP contribution in [0.15, 0.2) is 62.3 Å². The maximum atomic E-state index is 13.4. The molecule has 1 aromatic carbocycles. The first-order valence-corrected chi connectivity index (χ1v) is 11.4. The molecule has 0 amide bonds. The highest BCUT2D eigenvalue weighted by Gasteiger charge is 2.22. The molecule has 1 atom stereocenters. The van der Waals surface area contributed by atoms with Crippen molar-refractivity contribution in [1.29, 1.82) is 0 Å². The van der Waals surface area contributed by atoms with Gasteiger partial charge in [-0.25, -0.2) is 18.7 Å². The van der Waals surface area contributed by atoms with Gasteiger partial charge in [0.25, 0.3) is 12.3 Å². The molecule has 188 valence electrons. The molecule has 0 bridgehead atoms. The van der Waals surface area contributed by atoms with Gasteiger partial charge in [-0.1, -0.05) is 17.2 Å². The van der Waals surface area contributed by atoms with Gasteiger partial charge in [0, 0.05) is 17.3 Å². The predicted octanol–water partition coefficient (Wildman–Crippen LogP) is 5.61. The SMILES string of the molecule is Cc1cc([C@@H](C)Nc2cccnc2-c2nnc(N)o2)c2oc(-c3cccc(C(F)F)n3)c(C)c(=O)c2c1. The van der Waals surface area contributed by atoms with Gasteiger partial charge in [0.2, 0.25) is 0 Å². The number of fused-ring (bicyclic) bond motifs is 1. The van der Waals surface area contributed by atoms with Crippen molar-refractivity contribution in [3.63, 3.8) is 0 Å². The molecule has 4 heterocycles. The Morgan fingerprint density at radius 3 is 2.59 bits per heavy atom. The van der Waals surface area contributed by atoms with Gasteiger partial charge >= 0.3 is 6.01 Å². The number of alkyl halides is 2. The summed E-state index contributed by atoms with van der Waals surface area (Å²) in [6, 6.07) is 10.9. The van der Waals surface area contributed by atoms with E-state index < -0.39 is 12.1 Å². The number of halogens is 2. The highest BCUT2D eigenvalue weighted by atomic mass is 19.3. The van der Waals surface area contributed by atoms with Crippen LogP contribution in [-0.4, -0.2) is 20.2 Å². The summed E-state index contributed by atoms with van der Waals surface area (Å²) in [6.45, 7) is 5.37. The van der Waals surface area contributed by atoms with Crippen LogP contribution in [-0.2, 0) is 0 Å². The molecule has 5 rings (SSSR count). The number of pyridine rings is 2. The monoisotopic (exact) mass is 504 g/mol. The lowest BCUT2D eigenvalue weighted by molar-refractivity contribution is 0.146. The summed E-state index contributed by atoms with van der Waals surface area (Å²) in [6.07, 6.45) is -1.17. The fourth-order valence-corrected chi connectivity index (χ4v) is 4.17. The number of nitrogens with two attached hydrogens (primary N) is 1. The van der Waals surface area contributed by atoms with Gasteiger partial charge in [0.05, 0.1) is 17.1 Å². The van der Waals surface area contributed by atoms with Crippen LogP contribution >= 0.6 is 0 Å². The van der Waals surface area contributed by atoms with E-state index in [2.05, 4.69) is 25.5 Å². The minimum atomic E-state index is -2.75. The summed E-state index contributed by atoms with van der Waals surface area (Å²) in [5.41, 5.74) is 8.21. The zero-order valence-corrected chi connectivity index (χ0v) is 20.1. The zero-order chi connectivity index (χ0) is 26.3. The zero-order valence-electron chi connectivity index (χ0n) is 20.1. The fraction of sp³-hybridized carbons (Fsp3) is 0.192. The van der Waals surface area contributed by atoms with Crippen LogP contribution in [0.25, 0.3) is 34.0 Å². The summed E-state index contributed by atoms with van der Waals surface area (Å²) in [4.78, 5) is 21.7. The average molecular weight is 504 g/mol. The van der Waals surface area contributed by atoms with E-state index in [-0.39, 0.29) is 40.4 Å². The number of nitrogen functional groups attached to an aromatic ring is 1. The van der Waals surface area contributed by atoms with Crippen molar-refractivity contribution in [2.24, 2.45) is 0 Å². The van der Waals surface area contributed by atoms with Crippen molar-refractivity contribution in [1.82, 2.24) is 20.2 Å². The molecular formula is C26H22F2N6O3. The maximum Gasteiger partial charge on any atom is 0.313 e. The van der Waals surface area contributed by atoms with Gasteiger partial charge in [0.15, 0.2) is 16.9 Å². The number of benzene rings is 1. The predicted molar refractivity (Wildman–Crippen MR) is 134 cm³/mol. The van der Waals surface area contributed by atoms with E-state index in [1.54, 1.807) is 31.3 Å². The minimum absolute atomic E-state index is 0.0847. The van der Waals surface area contributed by atoms with Gasteiger partial charge in [-0.15, -0.1) is 5.10 Å². The number of aromatic nitrogens is 4. The fourth-order valence-electron chi connectivity index (χ4n) is 4.17. The molecule has 0 saturated heterocycles.